The fourth-order valence-corrected chi connectivity index (χ4v) is 4.67. The van der Waals surface area contributed by atoms with E-state index in [0.717, 1.165) is 0 Å². The number of halogens is 3. The second kappa shape index (κ2) is 10.6. The Morgan fingerprint density at radius 3 is 2.74 bits per heavy atom. The molecule has 0 saturated carbocycles. The second-order valence-electron chi connectivity index (χ2n) is 6.77. The average Bonchev–Trinajstić information content (AvgIpc) is 3.46. The van der Waals surface area contributed by atoms with Gasteiger partial charge in [-0.05, 0) is 58.6 Å². The van der Waals surface area contributed by atoms with Crippen molar-refractivity contribution in [1.82, 2.24) is 20.1 Å². The van der Waals surface area contributed by atoms with Crippen LogP contribution in [-0.4, -0.2) is 33.1 Å². The number of nitrogens with one attached hydrogen (secondary N) is 2. The summed E-state index contributed by atoms with van der Waals surface area (Å²) in [6, 6.07) is 9.61. The number of carbonyl (C=O) groups excluding carboxylic acids is 2. The quantitative estimate of drug-likeness (QED) is 0.271. The van der Waals surface area contributed by atoms with Gasteiger partial charge < -0.3 is 15.4 Å². The standard InChI is InChI=1S/C22H16BrCl2N5O3S/c1-2-26-21(31)14-8-12(24)9-15(23)19(14)28-22(32)17-10-18(33-13-5-7-34-11-13)29-30(17)20-16(25)4-3-6-27-20/h3-11H,2H2,1H3,(H,26,31)(H,28,32). The highest BCUT2D eigenvalue weighted by atomic mass is 79.9. The van der Waals surface area contributed by atoms with Crippen molar-refractivity contribution < 1.29 is 14.3 Å². The third kappa shape index (κ3) is 5.25. The molecule has 0 saturated heterocycles. The minimum atomic E-state index is -0.567. The van der Waals surface area contributed by atoms with Gasteiger partial charge in [0.15, 0.2) is 5.82 Å². The van der Waals surface area contributed by atoms with E-state index in [0.29, 0.717) is 21.8 Å². The van der Waals surface area contributed by atoms with Gasteiger partial charge in [-0.3, -0.25) is 9.59 Å². The number of benzene rings is 1. The largest absolute Gasteiger partial charge is 0.437 e. The molecule has 0 spiro atoms. The van der Waals surface area contributed by atoms with Crippen LogP contribution in [0.1, 0.15) is 27.8 Å². The van der Waals surface area contributed by atoms with Crippen LogP contribution in [0.5, 0.6) is 11.6 Å². The van der Waals surface area contributed by atoms with E-state index in [1.807, 2.05) is 5.38 Å². The minimum Gasteiger partial charge on any atom is -0.437 e. The molecule has 0 bridgehead atoms. The molecule has 3 aromatic heterocycles. The van der Waals surface area contributed by atoms with Crippen molar-refractivity contribution >= 4 is 68.0 Å². The molecule has 0 aliphatic heterocycles. The number of hydrogen-bond acceptors (Lipinski definition) is 6. The number of amides is 2. The van der Waals surface area contributed by atoms with Crippen molar-refractivity contribution in [1.29, 1.82) is 0 Å². The topological polar surface area (TPSA) is 98.1 Å². The molecule has 0 fully saturated rings. The third-order valence-corrected chi connectivity index (χ3v) is 6.25. The zero-order valence-corrected chi connectivity index (χ0v) is 21.4. The first-order valence-electron chi connectivity index (χ1n) is 9.87. The first kappa shape index (κ1) is 24.2. The maximum absolute atomic E-state index is 13.4. The predicted molar refractivity (Wildman–Crippen MR) is 136 cm³/mol. The van der Waals surface area contributed by atoms with Crippen LogP contribution in [0.3, 0.4) is 0 Å². The Kier molecular flexibility index (Phi) is 7.52. The van der Waals surface area contributed by atoms with Crippen molar-refractivity contribution in [2.75, 3.05) is 11.9 Å². The van der Waals surface area contributed by atoms with Gasteiger partial charge in [0, 0.05) is 33.7 Å². The summed E-state index contributed by atoms with van der Waals surface area (Å²) >= 11 is 17.3. The molecule has 0 aliphatic carbocycles. The summed E-state index contributed by atoms with van der Waals surface area (Å²) < 4.78 is 7.49. The van der Waals surface area contributed by atoms with Gasteiger partial charge in [-0.15, -0.1) is 16.4 Å². The van der Waals surface area contributed by atoms with Crippen LogP contribution >= 0.6 is 50.5 Å². The molecule has 4 rings (SSSR count). The van der Waals surface area contributed by atoms with Gasteiger partial charge in [-0.1, -0.05) is 23.2 Å². The lowest BCUT2D eigenvalue weighted by atomic mass is 10.1. The number of carbonyl (C=O) groups is 2. The highest BCUT2D eigenvalue weighted by Crippen LogP contribution is 2.32. The Bertz CT molecular complexity index is 1360. The molecular formula is C22H16BrCl2N5O3S. The number of rotatable bonds is 7. The van der Waals surface area contributed by atoms with E-state index in [4.69, 9.17) is 27.9 Å². The molecule has 2 N–H and O–H groups in total. The lowest BCUT2D eigenvalue weighted by Gasteiger charge is -2.14. The van der Waals surface area contributed by atoms with Crippen molar-refractivity contribution in [3.8, 4) is 17.4 Å². The smallest absolute Gasteiger partial charge is 0.274 e. The van der Waals surface area contributed by atoms with Crippen molar-refractivity contribution in [3.05, 3.63) is 79.1 Å². The zero-order valence-electron chi connectivity index (χ0n) is 17.5. The van der Waals surface area contributed by atoms with Crippen LogP contribution < -0.4 is 15.4 Å². The van der Waals surface area contributed by atoms with Gasteiger partial charge in [-0.25, -0.2) is 9.67 Å². The predicted octanol–water partition coefficient (Wildman–Crippen LogP) is 6.19. The molecule has 3 heterocycles. The first-order valence-corrected chi connectivity index (χ1v) is 12.4. The molecule has 34 heavy (non-hydrogen) atoms. The Morgan fingerprint density at radius 2 is 2.03 bits per heavy atom. The van der Waals surface area contributed by atoms with Crippen LogP contribution in [0.2, 0.25) is 10.0 Å². The summed E-state index contributed by atoms with van der Waals surface area (Å²) in [5.74, 6) is 0.0393. The van der Waals surface area contributed by atoms with Gasteiger partial charge in [0.05, 0.1) is 16.3 Å². The van der Waals surface area contributed by atoms with Crippen LogP contribution in [0, 0.1) is 0 Å². The number of pyridine rings is 1. The fourth-order valence-electron chi connectivity index (χ4n) is 3.01. The van der Waals surface area contributed by atoms with E-state index < -0.39 is 5.91 Å². The average molecular weight is 581 g/mol. The monoisotopic (exact) mass is 579 g/mol. The summed E-state index contributed by atoms with van der Waals surface area (Å²) in [6.45, 7) is 2.20. The van der Waals surface area contributed by atoms with Gasteiger partial charge >= 0.3 is 0 Å². The molecule has 0 aliphatic rings. The third-order valence-electron chi connectivity index (χ3n) is 4.45. The maximum Gasteiger partial charge on any atom is 0.274 e. The minimum absolute atomic E-state index is 0.0922. The van der Waals surface area contributed by atoms with Gasteiger partial charge in [0.2, 0.25) is 5.88 Å². The molecule has 4 aromatic rings. The van der Waals surface area contributed by atoms with E-state index >= 15 is 0 Å². The maximum atomic E-state index is 13.4. The Balaban J connectivity index is 1.76. The van der Waals surface area contributed by atoms with Crippen LogP contribution in [-0.2, 0) is 0 Å². The zero-order chi connectivity index (χ0) is 24.2. The number of aromatic nitrogens is 3. The molecule has 0 atom stereocenters. The summed E-state index contributed by atoms with van der Waals surface area (Å²) in [7, 11) is 0. The Hall–Kier alpha value is -2.92. The summed E-state index contributed by atoms with van der Waals surface area (Å²) in [6.07, 6.45) is 1.53. The van der Waals surface area contributed by atoms with Gasteiger partial charge in [0.1, 0.15) is 11.4 Å². The van der Waals surface area contributed by atoms with Gasteiger partial charge in [0.25, 0.3) is 11.8 Å². The van der Waals surface area contributed by atoms with Crippen LogP contribution in [0.15, 0.2) is 57.8 Å². The summed E-state index contributed by atoms with van der Waals surface area (Å²) in [5.41, 5.74) is 0.543. The summed E-state index contributed by atoms with van der Waals surface area (Å²) in [5, 5.41) is 14.1. The molecular weight excluding hydrogens is 565 g/mol. The van der Waals surface area contributed by atoms with Crippen molar-refractivity contribution in [2.45, 2.75) is 6.92 Å². The number of hydrogen-bond donors (Lipinski definition) is 2. The molecule has 0 unspecified atom stereocenters. The number of anilines is 1. The van der Waals surface area contributed by atoms with E-state index in [1.54, 1.807) is 36.6 Å². The van der Waals surface area contributed by atoms with Crippen molar-refractivity contribution in [3.63, 3.8) is 0 Å². The molecule has 174 valence electrons. The molecule has 8 nitrogen and oxygen atoms in total. The second-order valence-corrected chi connectivity index (χ2v) is 9.25. The summed E-state index contributed by atoms with van der Waals surface area (Å²) in [4.78, 5) is 30.3. The van der Waals surface area contributed by atoms with E-state index in [9.17, 15) is 9.59 Å². The Morgan fingerprint density at radius 1 is 1.21 bits per heavy atom. The highest BCUT2D eigenvalue weighted by molar-refractivity contribution is 9.10. The molecule has 2 amide bonds. The number of thiophene rings is 1. The van der Waals surface area contributed by atoms with Gasteiger partial charge in [-0.2, -0.15) is 0 Å². The fraction of sp³-hybridized carbons (Fsp3) is 0.0909. The highest BCUT2D eigenvalue weighted by Gasteiger charge is 2.24. The molecule has 1 aromatic carbocycles. The molecule has 12 heteroatoms. The Labute approximate surface area is 217 Å². The molecule has 0 radical (unpaired) electrons. The lowest BCUT2D eigenvalue weighted by molar-refractivity contribution is 0.0956. The normalized spacial score (nSPS) is 10.7. The first-order chi connectivity index (χ1) is 16.4. The van der Waals surface area contributed by atoms with Crippen molar-refractivity contribution in [2.24, 2.45) is 0 Å². The van der Waals surface area contributed by atoms with Crippen LogP contribution in [0.4, 0.5) is 5.69 Å². The number of nitrogens with zero attached hydrogens (tertiary/aromatic N) is 3. The van der Waals surface area contributed by atoms with E-state index in [2.05, 4.69) is 36.6 Å². The van der Waals surface area contributed by atoms with Crippen LogP contribution in [0.25, 0.3) is 5.82 Å². The lowest BCUT2D eigenvalue weighted by Crippen LogP contribution is -2.25. The number of ether oxygens (including phenoxy) is 1. The van der Waals surface area contributed by atoms with E-state index in [-0.39, 0.29) is 39.6 Å². The SMILES string of the molecule is CCNC(=O)c1cc(Cl)cc(Br)c1NC(=O)c1cc(Oc2ccsc2)nn1-c1ncccc1Cl. The van der Waals surface area contributed by atoms with E-state index in [1.165, 1.54) is 34.3 Å².